The number of halogens is 1. The van der Waals surface area contributed by atoms with Crippen molar-refractivity contribution < 1.29 is 9.47 Å². The summed E-state index contributed by atoms with van der Waals surface area (Å²) in [6.45, 7) is 5.16. The molecule has 0 aliphatic carbocycles. The zero-order valence-corrected chi connectivity index (χ0v) is 10.1. The first kappa shape index (κ1) is 11.6. The van der Waals surface area contributed by atoms with Gasteiger partial charge in [-0.2, -0.15) is 0 Å². The van der Waals surface area contributed by atoms with Gasteiger partial charge in [0.1, 0.15) is 0 Å². The van der Waals surface area contributed by atoms with Gasteiger partial charge in [0.25, 0.3) is 0 Å². The van der Waals surface area contributed by atoms with Crippen LogP contribution in [0.5, 0.6) is 11.5 Å². The van der Waals surface area contributed by atoms with Gasteiger partial charge in [-0.25, -0.2) is 0 Å². The summed E-state index contributed by atoms with van der Waals surface area (Å²) in [6, 6.07) is 3.92. The molecule has 1 aliphatic rings. The fraction of sp³-hybridized carbons (Fsp3) is 0.500. The van der Waals surface area contributed by atoms with Crippen LogP contribution in [0.25, 0.3) is 0 Å². The zero-order chi connectivity index (χ0) is 11.4. The highest BCUT2D eigenvalue weighted by Crippen LogP contribution is 2.37. The number of hydrogen-bond acceptors (Lipinski definition) is 3. The lowest BCUT2D eigenvalue weighted by Gasteiger charge is -2.11. The Balaban J connectivity index is 2.24. The third kappa shape index (κ3) is 2.60. The van der Waals surface area contributed by atoms with Gasteiger partial charge in [-0.3, -0.25) is 0 Å². The van der Waals surface area contributed by atoms with Gasteiger partial charge in [0, 0.05) is 13.0 Å². The Kier molecular flexibility index (Phi) is 3.91. The van der Waals surface area contributed by atoms with Crippen LogP contribution in [0.3, 0.4) is 0 Å². The molecule has 1 aromatic rings. The molecule has 0 fully saturated rings. The van der Waals surface area contributed by atoms with Gasteiger partial charge in [0.15, 0.2) is 11.5 Å². The number of hydrogen-bond donors (Lipinski definition) is 1. The Morgan fingerprint density at radius 1 is 1.31 bits per heavy atom. The van der Waals surface area contributed by atoms with Crippen LogP contribution < -0.4 is 14.8 Å². The number of benzene rings is 1. The van der Waals surface area contributed by atoms with E-state index in [1.807, 2.05) is 12.1 Å². The van der Waals surface area contributed by atoms with Crippen LogP contribution in [0.2, 0.25) is 5.02 Å². The van der Waals surface area contributed by atoms with E-state index >= 15 is 0 Å². The molecule has 1 aliphatic heterocycles. The summed E-state index contributed by atoms with van der Waals surface area (Å²) in [6.07, 6.45) is 0.896. The van der Waals surface area contributed by atoms with E-state index in [-0.39, 0.29) is 0 Å². The molecule has 0 unspecified atom stereocenters. The normalized spacial score (nSPS) is 14.6. The zero-order valence-electron chi connectivity index (χ0n) is 9.38. The molecule has 0 saturated carbocycles. The quantitative estimate of drug-likeness (QED) is 0.883. The minimum absolute atomic E-state index is 0.632. The maximum absolute atomic E-state index is 6.17. The van der Waals surface area contributed by atoms with Crippen molar-refractivity contribution in [2.75, 3.05) is 19.8 Å². The molecule has 0 atom stereocenters. The van der Waals surface area contributed by atoms with Crippen molar-refractivity contribution in [2.45, 2.75) is 19.9 Å². The standard InChI is InChI=1S/C12H16ClNO2/c1-2-14-8-9-6-10(13)12-11(7-9)15-4-3-5-16-12/h6-7,14H,2-5,8H2,1H3. The van der Waals surface area contributed by atoms with Crippen molar-refractivity contribution in [3.63, 3.8) is 0 Å². The monoisotopic (exact) mass is 241 g/mol. The SMILES string of the molecule is CCNCc1cc(Cl)c2c(c1)OCCCO2. The van der Waals surface area contributed by atoms with Gasteiger partial charge in [-0.15, -0.1) is 0 Å². The van der Waals surface area contributed by atoms with Crippen molar-refractivity contribution in [1.82, 2.24) is 5.32 Å². The van der Waals surface area contributed by atoms with Gasteiger partial charge in [0.05, 0.1) is 18.2 Å². The predicted molar refractivity (Wildman–Crippen MR) is 64.4 cm³/mol. The number of nitrogens with one attached hydrogen (secondary N) is 1. The molecule has 0 saturated heterocycles. The van der Waals surface area contributed by atoms with E-state index < -0.39 is 0 Å². The summed E-state index contributed by atoms with van der Waals surface area (Å²) < 4.78 is 11.2. The minimum atomic E-state index is 0.632. The lowest BCUT2D eigenvalue weighted by molar-refractivity contribution is 0.297. The van der Waals surface area contributed by atoms with Gasteiger partial charge in [0.2, 0.25) is 0 Å². The summed E-state index contributed by atoms with van der Waals surface area (Å²) >= 11 is 6.17. The first-order valence-electron chi connectivity index (χ1n) is 5.60. The molecule has 16 heavy (non-hydrogen) atoms. The summed E-state index contributed by atoms with van der Waals surface area (Å²) in [4.78, 5) is 0. The van der Waals surface area contributed by atoms with Crippen molar-refractivity contribution in [2.24, 2.45) is 0 Å². The molecule has 1 heterocycles. The van der Waals surface area contributed by atoms with Gasteiger partial charge in [-0.05, 0) is 24.2 Å². The highest BCUT2D eigenvalue weighted by Gasteiger charge is 2.15. The van der Waals surface area contributed by atoms with Crippen molar-refractivity contribution in [3.05, 3.63) is 22.7 Å². The second-order valence-corrected chi connectivity index (χ2v) is 4.14. The van der Waals surface area contributed by atoms with Crippen LogP contribution in [0, 0.1) is 0 Å². The summed E-state index contributed by atoms with van der Waals surface area (Å²) in [7, 11) is 0. The first-order valence-corrected chi connectivity index (χ1v) is 5.98. The molecular weight excluding hydrogens is 226 g/mol. The van der Waals surface area contributed by atoms with E-state index in [0.717, 1.165) is 30.8 Å². The van der Waals surface area contributed by atoms with E-state index in [9.17, 15) is 0 Å². The summed E-state index contributed by atoms with van der Waals surface area (Å²) in [5.74, 6) is 1.44. The second kappa shape index (κ2) is 5.41. The smallest absolute Gasteiger partial charge is 0.179 e. The Morgan fingerprint density at radius 2 is 2.12 bits per heavy atom. The molecular formula is C12H16ClNO2. The topological polar surface area (TPSA) is 30.5 Å². The van der Waals surface area contributed by atoms with Crippen LogP contribution >= 0.6 is 11.6 Å². The highest BCUT2D eigenvalue weighted by atomic mass is 35.5. The lowest BCUT2D eigenvalue weighted by atomic mass is 10.2. The first-order chi connectivity index (χ1) is 7.81. The molecule has 0 amide bonds. The molecule has 3 nitrogen and oxygen atoms in total. The fourth-order valence-electron chi connectivity index (χ4n) is 1.66. The Morgan fingerprint density at radius 3 is 2.94 bits per heavy atom. The molecule has 0 aromatic heterocycles. The van der Waals surface area contributed by atoms with Crippen molar-refractivity contribution in [1.29, 1.82) is 0 Å². The van der Waals surface area contributed by atoms with E-state index in [1.165, 1.54) is 0 Å². The average molecular weight is 242 g/mol. The van der Waals surface area contributed by atoms with Crippen LogP contribution in [0.15, 0.2) is 12.1 Å². The third-order valence-electron chi connectivity index (χ3n) is 2.44. The lowest BCUT2D eigenvalue weighted by Crippen LogP contribution is -2.11. The Bertz CT molecular complexity index is 368. The Labute approximate surface area is 101 Å². The van der Waals surface area contributed by atoms with Crippen LogP contribution in [0.1, 0.15) is 18.9 Å². The molecule has 2 rings (SSSR count). The Hall–Kier alpha value is -0.930. The third-order valence-corrected chi connectivity index (χ3v) is 2.72. The fourth-order valence-corrected chi connectivity index (χ4v) is 1.94. The molecule has 1 N–H and O–H groups in total. The molecule has 0 spiro atoms. The van der Waals surface area contributed by atoms with Crippen molar-refractivity contribution in [3.8, 4) is 11.5 Å². The summed E-state index contributed by atoms with van der Waals surface area (Å²) in [5.41, 5.74) is 1.12. The number of rotatable bonds is 3. The molecule has 0 radical (unpaired) electrons. The van der Waals surface area contributed by atoms with Gasteiger partial charge < -0.3 is 14.8 Å². The van der Waals surface area contributed by atoms with E-state index in [0.29, 0.717) is 24.0 Å². The van der Waals surface area contributed by atoms with E-state index in [4.69, 9.17) is 21.1 Å². The average Bonchev–Trinajstić information content (AvgIpc) is 2.51. The molecule has 1 aromatic carbocycles. The van der Waals surface area contributed by atoms with Crippen LogP contribution in [-0.2, 0) is 6.54 Å². The van der Waals surface area contributed by atoms with Crippen molar-refractivity contribution >= 4 is 11.6 Å². The largest absolute Gasteiger partial charge is 0.489 e. The maximum Gasteiger partial charge on any atom is 0.179 e. The van der Waals surface area contributed by atoms with E-state index in [1.54, 1.807) is 0 Å². The number of ether oxygens (including phenoxy) is 2. The van der Waals surface area contributed by atoms with Gasteiger partial charge in [-0.1, -0.05) is 18.5 Å². The predicted octanol–water partition coefficient (Wildman–Crippen LogP) is 2.61. The van der Waals surface area contributed by atoms with Gasteiger partial charge >= 0.3 is 0 Å². The molecule has 4 heteroatoms. The van der Waals surface area contributed by atoms with Crippen LogP contribution in [-0.4, -0.2) is 19.8 Å². The summed E-state index contributed by atoms with van der Waals surface area (Å²) in [5, 5.41) is 3.89. The maximum atomic E-state index is 6.17. The van der Waals surface area contributed by atoms with Crippen LogP contribution in [0.4, 0.5) is 0 Å². The second-order valence-electron chi connectivity index (χ2n) is 3.74. The minimum Gasteiger partial charge on any atom is -0.489 e. The highest BCUT2D eigenvalue weighted by molar-refractivity contribution is 6.32. The number of fused-ring (bicyclic) bond motifs is 1. The molecule has 88 valence electrons. The van der Waals surface area contributed by atoms with E-state index in [2.05, 4.69) is 12.2 Å². The molecule has 0 bridgehead atoms.